The first-order chi connectivity index (χ1) is 11.6. The lowest BCUT2D eigenvalue weighted by Crippen LogP contribution is -2.28. The molecule has 0 aliphatic heterocycles. The lowest BCUT2D eigenvalue weighted by molar-refractivity contribution is 0.0786. The number of aromatic nitrogens is 2. The zero-order chi connectivity index (χ0) is 17.4. The fourth-order valence-corrected chi connectivity index (χ4v) is 2.22. The SMILES string of the molecule is CCCCN(C)C(=O)c1ccc(NCCc2ccc(F)cc2)nn1. The molecular weight excluding hydrogens is 307 g/mol. The van der Waals surface area contributed by atoms with Crippen molar-refractivity contribution >= 4 is 11.7 Å². The second-order valence-electron chi connectivity index (χ2n) is 5.69. The number of hydrogen-bond acceptors (Lipinski definition) is 4. The maximum Gasteiger partial charge on any atom is 0.274 e. The minimum Gasteiger partial charge on any atom is -0.368 e. The molecule has 1 N–H and O–H groups in total. The Hall–Kier alpha value is -2.50. The highest BCUT2D eigenvalue weighted by Gasteiger charge is 2.13. The lowest BCUT2D eigenvalue weighted by Gasteiger charge is -2.15. The molecular formula is C18H23FN4O. The Bertz CT molecular complexity index is 643. The van der Waals surface area contributed by atoms with Crippen molar-refractivity contribution < 1.29 is 9.18 Å². The van der Waals surface area contributed by atoms with Gasteiger partial charge in [-0.25, -0.2) is 4.39 Å². The number of carbonyl (C=O) groups is 1. The van der Waals surface area contributed by atoms with E-state index >= 15 is 0 Å². The summed E-state index contributed by atoms with van der Waals surface area (Å²) in [6.07, 6.45) is 2.77. The molecule has 5 nitrogen and oxygen atoms in total. The maximum atomic E-state index is 12.8. The zero-order valence-electron chi connectivity index (χ0n) is 14.1. The van der Waals surface area contributed by atoms with Gasteiger partial charge in [0.05, 0.1) is 0 Å². The molecule has 6 heteroatoms. The average Bonchev–Trinajstić information content (AvgIpc) is 2.61. The van der Waals surface area contributed by atoms with E-state index in [4.69, 9.17) is 0 Å². The van der Waals surface area contributed by atoms with Gasteiger partial charge in [0.25, 0.3) is 5.91 Å². The number of hydrogen-bond donors (Lipinski definition) is 1. The molecule has 0 aliphatic rings. The van der Waals surface area contributed by atoms with Crippen molar-refractivity contribution in [3.05, 3.63) is 53.5 Å². The Morgan fingerprint density at radius 1 is 1.17 bits per heavy atom. The first-order valence-corrected chi connectivity index (χ1v) is 8.17. The summed E-state index contributed by atoms with van der Waals surface area (Å²) in [7, 11) is 1.77. The molecule has 0 atom stereocenters. The van der Waals surface area contributed by atoms with Gasteiger partial charge in [0.15, 0.2) is 5.69 Å². The van der Waals surface area contributed by atoms with Crippen LogP contribution in [0.1, 0.15) is 35.8 Å². The van der Waals surface area contributed by atoms with Crippen molar-refractivity contribution in [1.82, 2.24) is 15.1 Å². The van der Waals surface area contributed by atoms with Crippen molar-refractivity contribution in [2.24, 2.45) is 0 Å². The van der Waals surface area contributed by atoms with Gasteiger partial charge in [0, 0.05) is 20.1 Å². The summed E-state index contributed by atoms with van der Waals surface area (Å²) in [5, 5.41) is 11.2. The molecule has 0 bridgehead atoms. The lowest BCUT2D eigenvalue weighted by atomic mass is 10.1. The molecule has 1 aromatic carbocycles. The molecule has 128 valence electrons. The van der Waals surface area contributed by atoms with Crippen LogP contribution < -0.4 is 5.32 Å². The minimum absolute atomic E-state index is 0.117. The van der Waals surface area contributed by atoms with Crippen LogP contribution in [0.4, 0.5) is 10.2 Å². The van der Waals surface area contributed by atoms with Crippen molar-refractivity contribution in [3.8, 4) is 0 Å². The number of amides is 1. The topological polar surface area (TPSA) is 58.1 Å². The van der Waals surface area contributed by atoms with Crippen LogP contribution in [0.3, 0.4) is 0 Å². The summed E-state index contributed by atoms with van der Waals surface area (Å²) in [5.41, 5.74) is 1.39. The molecule has 2 rings (SSSR count). The van der Waals surface area contributed by atoms with Crippen LogP contribution in [0.2, 0.25) is 0 Å². The molecule has 24 heavy (non-hydrogen) atoms. The molecule has 0 aliphatic carbocycles. The van der Waals surface area contributed by atoms with Crippen LogP contribution in [0, 0.1) is 5.82 Å². The number of carbonyl (C=O) groups excluding carboxylic acids is 1. The third kappa shape index (κ3) is 5.30. The van der Waals surface area contributed by atoms with Gasteiger partial charge >= 0.3 is 0 Å². The molecule has 1 amide bonds. The zero-order valence-corrected chi connectivity index (χ0v) is 14.1. The van der Waals surface area contributed by atoms with E-state index in [0.717, 1.165) is 24.8 Å². The van der Waals surface area contributed by atoms with Gasteiger partial charge in [0.1, 0.15) is 11.6 Å². The molecule has 0 fully saturated rings. The van der Waals surface area contributed by atoms with Gasteiger partial charge in [-0.3, -0.25) is 4.79 Å². The molecule has 0 saturated heterocycles. The normalized spacial score (nSPS) is 10.5. The maximum absolute atomic E-state index is 12.8. The van der Waals surface area contributed by atoms with Crippen LogP contribution >= 0.6 is 0 Å². The fraction of sp³-hybridized carbons (Fsp3) is 0.389. The van der Waals surface area contributed by atoms with Crippen LogP contribution in [0.5, 0.6) is 0 Å². The first-order valence-electron chi connectivity index (χ1n) is 8.17. The van der Waals surface area contributed by atoms with Gasteiger partial charge in [-0.05, 0) is 42.7 Å². The molecule has 0 spiro atoms. The highest BCUT2D eigenvalue weighted by molar-refractivity contribution is 5.92. The van der Waals surface area contributed by atoms with Crippen molar-refractivity contribution in [1.29, 1.82) is 0 Å². The molecule has 1 aromatic heterocycles. The second kappa shape index (κ2) is 8.96. The van der Waals surface area contributed by atoms with Crippen molar-refractivity contribution in [2.45, 2.75) is 26.2 Å². The number of benzene rings is 1. The Morgan fingerprint density at radius 2 is 1.92 bits per heavy atom. The Balaban J connectivity index is 1.83. The summed E-state index contributed by atoms with van der Waals surface area (Å²) >= 11 is 0. The number of anilines is 1. The minimum atomic E-state index is -0.235. The van der Waals surface area contributed by atoms with Crippen LogP contribution in [-0.2, 0) is 6.42 Å². The van der Waals surface area contributed by atoms with E-state index in [-0.39, 0.29) is 11.7 Å². The highest BCUT2D eigenvalue weighted by atomic mass is 19.1. The molecule has 1 heterocycles. The summed E-state index contributed by atoms with van der Waals surface area (Å²) < 4.78 is 12.8. The first kappa shape index (κ1) is 17.8. The van der Waals surface area contributed by atoms with E-state index in [9.17, 15) is 9.18 Å². The average molecular weight is 330 g/mol. The van der Waals surface area contributed by atoms with Gasteiger partial charge in [-0.2, -0.15) is 0 Å². The van der Waals surface area contributed by atoms with E-state index in [1.165, 1.54) is 12.1 Å². The standard InChI is InChI=1S/C18H23FN4O/c1-3-4-13-23(2)18(24)16-9-10-17(22-21-16)20-12-11-14-5-7-15(19)8-6-14/h5-10H,3-4,11-13H2,1-2H3,(H,20,22). The Kier molecular flexibility index (Phi) is 6.66. The number of nitrogens with one attached hydrogen (secondary N) is 1. The van der Waals surface area contributed by atoms with E-state index < -0.39 is 0 Å². The summed E-state index contributed by atoms with van der Waals surface area (Å²) in [6, 6.07) is 9.85. The third-order valence-corrected chi connectivity index (χ3v) is 3.71. The van der Waals surface area contributed by atoms with E-state index in [1.54, 1.807) is 36.2 Å². The molecule has 0 saturated carbocycles. The highest BCUT2D eigenvalue weighted by Crippen LogP contribution is 2.07. The second-order valence-corrected chi connectivity index (χ2v) is 5.69. The van der Waals surface area contributed by atoms with E-state index in [1.807, 2.05) is 0 Å². The monoisotopic (exact) mass is 330 g/mol. The summed E-state index contributed by atoms with van der Waals surface area (Å²) in [5.74, 6) is 0.264. The van der Waals surface area contributed by atoms with E-state index in [2.05, 4.69) is 22.4 Å². The quantitative estimate of drug-likeness (QED) is 0.808. The molecule has 0 unspecified atom stereocenters. The predicted octanol–water partition coefficient (Wildman–Crippen LogP) is 3.14. The van der Waals surface area contributed by atoms with Gasteiger partial charge in [-0.15, -0.1) is 10.2 Å². The number of halogens is 1. The predicted molar refractivity (Wildman–Crippen MR) is 92.5 cm³/mol. The largest absolute Gasteiger partial charge is 0.368 e. The van der Waals surface area contributed by atoms with Gasteiger partial charge in [0.2, 0.25) is 0 Å². The third-order valence-electron chi connectivity index (χ3n) is 3.71. The number of nitrogens with zero attached hydrogens (tertiary/aromatic N) is 3. The van der Waals surface area contributed by atoms with Crippen LogP contribution in [0.15, 0.2) is 36.4 Å². The summed E-state index contributed by atoms with van der Waals surface area (Å²) in [4.78, 5) is 13.8. The van der Waals surface area contributed by atoms with Crippen LogP contribution in [-0.4, -0.2) is 41.1 Å². The number of unbranched alkanes of at least 4 members (excludes halogenated alkanes) is 1. The molecule has 2 aromatic rings. The Labute approximate surface area is 141 Å². The van der Waals surface area contributed by atoms with Crippen molar-refractivity contribution in [3.63, 3.8) is 0 Å². The number of rotatable bonds is 8. The van der Waals surface area contributed by atoms with Gasteiger partial charge in [-0.1, -0.05) is 25.5 Å². The molecule has 0 radical (unpaired) electrons. The van der Waals surface area contributed by atoms with Gasteiger partial charge < -0.3 is 10.2 Å². The Morgan fingerprint density at radius 3 is 2.54 bits per heavy atom. The fourth-order valence-electron chi connectivity index (χ4n) is 2.22. The smallest absolute Gasteiger partial charge is 0.274 e. The van der Waals surface area contributed by atoms with E-state index in [0.29, 0.717) is 24.6 Å². The summed E-state index contributed by atoms with van der Waals surface area (Å²) in [6.45, 7) is 3.46. The van der Waals surface area contributed by atoms with Crippen LogP contribution in [0.25, 0.3) is 0 Å². The van der Waals surface area contributed by atoms with Crippen molar-refractivity contribution in [2.75, 3.05) is 25.5 Å².